The first-order valence-electron chi connectivity index (χ1n) is 6.09. The number of carboxylic acid groups (broad SMARTS) is 1. The summed E-state index contributed by atoms with van der Waals surface area (Å²) in [6.07, 6.45) is 8.59. The Morgan fingerprint density at radius 1 is 1.27 bits per heavy atom. The van der Waals surface area contributed by atoms with Crippen molar-refractivity contribution in [3.05, 3.63) is 0 Å². The van der Waals surface area contributed by atoms with Gasteiger partial charge in [-0.3, -0.25) is 4.79 Å². The van der Waals surface area contributed by atoms with E-state index in [1.807, 2.05) is 0 Å². The highest BCUT2D eigenvalue weighted by Gasteiger charge is 2.26. The minimum absolute atomic E-state index is 0.0290. The van der Waals surface area contributed by atoms with Gasteiger partial charge in [0.25, 0.3) is 0 Å². The summed E-state index contributed by atoms with van der Waals surface area (Å²) in [7, 11) is 0. The van der Waals surface area contributed by atoms with Gasteiger partial charge in [0.1, 0.15) is 0 Å². The monoisotopic (exact) mass is 214 g/mol. The van der Waals surface area contributed by atoms with Gasteiger partial charge in [-0.15, -0.1) is 0 Å². The van der Waals surface area contributed by atoms with Gasteiger partial charge in [0, 0.05) is 0 Å². The topological polar surface area (TPSA) is 46.5 Å². The van der Waals surface area contributed by atoms with Gasteiger partial charge in [0.05, 0.1) is 18.6 Å². The average Bonchev–Trinajstić information content (AvgIpc) is 2.59. The molecule has 3 nitrogen and oxygen atoms in total. The highest BCUT2D eigenvalue weighted by Crippen LogP contribution is 2.25. The minimum atomic E-state index is -0.744. The van der Waals surface area contributed by atoms with Crippen molar-refractivity contribution in [3.8, 4) is 0 Å². The van der Waals surface area contributed by atoms with Gasteiger partial charge in [0.2, 0.25) is 0 Å². The van der Waals surface area contributed by atoms with Crippen LogP contribution in [-0.4, -0.2) is 23.3 Å². The fourth-order valence-corrected chi connectivity index (χ4v) is 2.14. The maximum Gasteiger partial charge on any atom is 0.305 e. The summed E-state index contributed by atoms with van der Waals surface area (Å²) < 4.78 is 5.67. The lowest BCUT2D eigenvalue weighted by molar-refractivity contribution is -0.139. The summed E-state index contributed by atoms with van der Waals surface area (Å²) in [6.45, 7) is 2.20. The molecule has 1 N–H and O–H groups in total. The molecule has 0 unspecified atom stereocenters. The fourth-order valence-electron chi connectivity index (χ4n) is 2.14. The van der Waals surface area contributed by atoms with Gasteiger partial charge in [-0.25, -0.2) is 0 Å². The van der Waals surface area contributed by atoms with E-state index >= 15 is 0 Å². The molecule has 2 atom stereocenters. The van der Waals surface area contributed by atoms with Crippen LogP contribution < -0.4 is 0 Å². The van der Waals surface area contributed by atoms with E-state index in [9.17, 15) is 4.79 Å². The van der Waals surface area contributed by atoms with Crippen molar-refractivity contribution < 1.29 is 14.6 Å². The molecule has 0 aliphatic carbocycles. The maximum absolute atomic E-state index is 10.5. The number of aliphatic carboxylic acids is 1. The highest BCUT2D eigenvalue weighted by molar-refractivity contribution is 5.67. The molecule has 0 saturated carbocycles. The molecule has 0 aromatic carbocycles. The van der Waals surface area contributed by atoms with Gasteiger partial charge in [-0.05, 0) is 19.3 Å². The van der Waals surface area contributed by atoms with Gasteiger partial charge in [0.15, 0.2) is 0 Å². The minimum Gasteiger partial charge on any atom is -0.481 e. The molecule has 1 fully saturated rings. The zero-order valence-electron chi connectivity index (χ0n) is 9.58. The summed E-state index contributed by atoms with van der Waals surface area (Å²) in [6, 6.07) is 0. The Bertz CT molecular complexity index is 191. The Balaban J connectivity index is 2.05. The molecule has 1 aliphatic rings. The van der Waals surface area contributed by atoms with E-state index in [1.54, 1.807) is 0 Å². The number of hydrogen-bond acceptors (Lipinski definition) is 2. The molecule has 0 amide bonds. The van der Waals surface area contributed by atoms with Crippen LogP contribution in [0.1, 0.15) is 58.3 Å². The molecular weight excluding hydrogens is 192 g/mol. The van der Waals surface area contributed by atoms with Gasteiger partial charge in [-0.2, -0.15) is 0 Å². The molecule has 0 bridgehead atoms. The second kappa shape index (κ2) is 6.83. The second-order valence-corrected chi connectivity index (χ2v) is 4.40. The zero-order chi connectivity index (χ0) is 11.1. The van der Waals surface area contributed by atoms with Crippen molar-refractivity contribution in [2.24, 2.45) is 0 Å². The Kier molecular flexibility index (Phi) is 5.69. The maximum atomic E-state index is 10.5. The zero-order valence-corrected chi connectivity index (χ0v) is 9.58. The fraction of sp³-hybridized carbons (Fsp3) is 0.917. The van der Waals surface area contributed by atoms with Crippen molar-refractivity contribution in [2.45, 2.75) is 70.5 Å². The third kappa shape index (κ3) is 5.17. The quantitative estimate of drug-likeness (QED) is 0.663. The SMILES string of the molecule is CCCCCC[C@@H]1CC[C@H](CC(=O)O)O1. The molecule has 0 spiro atoms. The lowest BCUT2D eigenvalue weighted by Gasteiger charge is -2.11. The van der Waals surface area contributed by atoms with Crippen LogP contribution in [0.4, 0.5) is 0 Å². The lowest BCUT2D eigenvalue weighted by atomic mass is 10.1. The van der Waals surface area contributed by atoms with Crippen molar-refractivity contribution in [1.29, 1.82) is 0 Å². The highest BCUT2D eigenvalue weighted by atomic mass is 16.5. The molecule has 1 saturated heterocycles. The third-order valence-corrected chi connectivity index (χ3v) is 2.98. The summed E-state index contributed by atoms with van der Waals surface area (Å²) >= 11 is 0. The van der Waals surface area contributed by atoms with Crippen LogP contribution in [0, 0.1) is 0 Å². The number of ether oxygens (including phenoxy) is 1. The lowest BCUT2D eigenvalue weighted by Crippen LogP contribution is -2.14. The Hall–Kier alpha value is -0.570. The molecule has 15 heavy (non-hydrogen) atoms. The normalized spacial score (nSPS) is 25.7. The van der Waals surface area contributed by atoms with E-state index < -0.39 is 5.97 Å². The Morgan fingerprint density at radius 2 is 2.00 bits per heavy atom. The summed E-state index contributed by atoms with van der Waals surface area (Å²) in [5.41, 5.74) is 0. The standard InChI is InChI=1S/C12H22O3/c1-2-3-4-5-6-10-7-8-11(15-10)9-12(13)14/h10-11H,2-9H2,1H3,(H,13,14)/t10-,11-/m1/s1. The molecule has 1 heterocycles. The number of carbonyl (C=O) groups is 1. The van der Waals surface area contributed by atoms with Crippen molar-refractivity contribution in [3.63, 3.8) is 0 Å². The van der Waals surface area contributed by atoms with Crippen LogP contribution in [-0.2, 0) is 9.53 Å². The van der Waals surface area contributed by atoms with Crippen LogP contribution in [0.2, 0.25) is 0 Å². The first-order valence-corrected chi connectivity index (χ1v) is 6.09. The molecule has 88 valence electrons. The van der Waals surface area contributed by atoms with Gasteiger partial charge >= 0.3 is 5.97 Å². The van der Waals surface area contributed by atoms with Crippen LogP contribution in [0.25, 0.3) is 0 Å². The molecule has 1 rings (SSSR count). The summed E-state index contributed by atoms with van der Waals surface area (Å²) in [4.78, 5) is 10.5. The van der Waals surface area contributed by atoms with Crippen LogP contribution in [0.5, 0.6) is 0 Å². The summed E-state index contributed by atoms with van der Waals surface area (Å²) in [5.74, 6) is -0.744. The van der Waals surface area contributed by atoms with E-state index in [2.05, 4.69) is 6.92 Å². The summed E-state index contributed by atoms with van der Waals surface area (Å²) in [5, 5.41) is 8.63. The molecular formula is C12H22O3. The number of rotatable bonds is 7. The molecule has 3 heteroatoms. The smallest absolute Gasteiger partial charge is 0.305 e. The third-order valence-electron chi connectivity index (χ3n) is 2.98. The van der Waals surface area contributed by atoms with E-state index in [4.69, 9.17) is 9.84 Å². The predicted octanol–water partition coefficient (Wildman–Crippen LogP) is 2.98. The van der Waals surface area contributed by atoms with Gasteiger partial charge in [-0.1, -0.05) is 32.6 Å². The van der Waals surface area contributed by atoms with E-state index in [0.29, 0.717) is 6.10 Å². The first-order chi connectivity index (χ1) is 7.22. The molecule has 0 aromatic rings. The molecule has 0 aromatic heterocycles. The average molecular weight is 214 g/mol. The molecule has 0 radical (unpaired) electrons. The largest absolute Gasteiger partial charge is 0.481 e. The number of unbranched alkanes of at least 4 members (excludes halogenated alkanes) is 3. The van der Waals surface area contributed by atoms with Gasteiger partial charge < -0.3 is 9.84 Å². The first kappa shape index (κ1) is 12.5. The second-order valence-electron chi connectivity index (χ2n) is 4.40. The Labute approximate surface area is 91.8 Å². The van der Waals surface area contributed by atoms with E-state index in [0.717, 1.165) is 19.3 Å². The van der Waals surface area contributed by atoms with E-state index in [-0.39, 0.29) is 12.5 Å². The number of carboxylic acids is 1. The predicted molar refractivity (Wildman–Crippen MR) is 58.9 cm³/mol. The van der Waals surface area contributed by atoms with Crippen LogP contribution in [0.15, 0.2) is 0 Å². The Morgan fingerprint density at radius 3 is 2.67 bits per heavy atom. The van der Waals surface area contributed by atoms with Crippen LogP contribution in [0.3, 0.4) is 0 Å². The van der Waals surface area contributed by atoms with E-state index in [1.165, 1.54) is 25.7 Å². The van der Waals surface area contributed by atoms with Crippen LogP contribution >= 0.6 is 0 Å². The number of hydrogen-bond donors (Lipinski definition) is 1. The van der Waals surface area contributed by atoms with Crippen molar-refractivity contribution >= 4 is 5.97 Å². The van der Waals surface area contributed by atoms with Crippen molar-refractivity contribution in [1.82, 2.24) is 0 Å². The van der Waals surface area contributed by atoms with Crippen molar-refractivity contribution in [2.75, 3.05) is 0 Å². The molecule has 1 aliphatic heterocycles.